The van der Waals surface area contributed by atoms with Crippen LogP contribution in [0.4, 0.5) is 0 Å². The van der Waals surface area contributed by atoms with Crippen molar-refractivity contribution in [2.24, 2.45) is 11.8 Å². The number of benzene rings is 1. The van der Waals surface area contributed by atoms with Crippen LogP contribution in [0.25, 0.3) is 0 Å². The van der Waals surface area contributed by atoms with E-state index in [1.807, 2.05) is 52.9 Å². The van der Waals surface area contributed by atoms with Crippen LogP contribution in [-0.2, 0) is 11.3 Å². The molecular weight excluding hydrogens is 314 g/mol. The molecule has 1 saturated heterocycles. The van der Waals surface area contributed by atoms with Crippen molar-refractivity contribution in [1.82, 2.24) is 14.7 Å². The highest BCUT2D eigenvalue weighted by Gasteiger charge is 2.43. The van der Waals surface area contributed by atoms with Crippen molar-refractivity contribution in [2.45, 2.75) is 38.8 Å². The highest BCUT2D eigenvalue weighted by atomic mass is 16.5. The lowest BCUT2D eigenvalue weighted by Crippen LogP contribution is -2.31. The molecule has 0 N–H and O–H groups in total. The van der Waals surface area contributed by atoms with E-state index in [0.29, 0.717) is 30.9 Å². The Labute approximate surface area is 148 Å². The molecule has 25 heavy (non-hydrogen) atoms. The van der Waals surface area contributed by atoms with Gasteiger partial charge in [0, 0.05) is 37.9 Å². The molecule has 1 aromatic heterocycles. The summed E-state index contributed by atoms with van der Waals surface area (Å²) in [5.74, 6) is 2.38. The highest BCUT2D eigenvalue weighted by Crippen LogP contribution is 2.39. The summed E-state index contributed by atoms with van der Waals surface area (Å²) in [6, 6.07) is 12.0. The number of carbonyl (C=O) groups excluding carboxylic acids is 1. The number of amides is 1. The molecule has 1 aliphatic carbocycles. The predicted molar refractivity (Wildman–Crippen MR) is 95.2 cm³/mol. The summed E-state index contributed by atoms with van der Waals surface area (Å²) < 4.78 is 8.00. The number of nitrogens with zero attached hydrogens (tertiary/aromatic N) is 3. The van der Waals surface area contributed by atoms with Crippen molar-refractivity contribution in [2.75, 3.05) is 13.1 Å². The lowest BCUT2D eigenvalue weighted by Gasteiger charge is -2.20. The molecule has 5 heteroatoms. The molecule has 2 fully saturated rings. The van der Waals surface area contributed by atoms with Gasteiger partial charge in [0.05, 0.1) is 6.10 Å². The van der Waals surface area contributed by atoms with Crippen LogP contribution in [0.1, 0.15) is 25.0 Å². The Morgan fingerprint density at radius 2 is 1.88 bits per heavy atom. The smallest absolute Gasteiger partial charge is 0.224 e. The largest absolute Gasteiger partial charge is 0.490 e. The summed E-state index contributed by atoms with van der Waals surface area (Å²) in [6.07, 6.45) is 4.73. The Kier molecular flexibility index (Phi) is 4.47. The summed E-state index contributed by atoms with van der Waals surface area (Å²) in [4.78, 5) is 14.6. The molecule has 4 rings (SSSR count). The van der Waals surface area contributed by atoms with Crippen LogP contribution >= 0.6 is 0 Å². The summed E-state index contributed by atoms with van der Waals surface area (Å²) in [5.41, 5.74) is 1.10. The third-order valence-electron chi connectivity index (χ3n) is 5.57. The minimum atomic E-state index is 0.254. The second-order valence-electron chi connectivity index (χ2n) is 7.29. The second kappa shape index (κ2) is 6.90. The lowest BCUT2D eigenvalue weighted by molar-refractivity contribution is -0.130. The van der Waals surface area contributed by atoms with Gasteiger partial charge in [-0.05, 0) is 49.8 Å². The van der Waals surface area contributed by atoms with Gasteiger partial charge in [0.25, 0.3) is 0 Å². The van der Waals surface area contributed by atoms with Crippen LogP contribution in [0.3, 0.4) is 0 Å². The molecule has 2 aromatic rings. The first-order chi connectivity index (χ1) is 12.2. The van der Waals surface area contributed by atoms with Gasteiger partial charge in [0.2, 0.25) is 5.91 Å². The zero-order valence-electron chi connectivity index (χ0n) is 14.7. The fraction of sp³-hybridized carbons (Fsp3) is 0.500. The first kappa shape index (κ1) is 16.2. The second-order valence-corrected chi connectivity index (χ2v) is 7.29. The molecule has 1 aromatic carbocycles. The van der Waals surface area contributed by atoms with Crippen molar-refractivity contribution < 1.29 is 9.53 Å². The van der Waals surface area contributed by atoms with Crippen LogP contribution in [0.2, 0.25) is 0 Å². The summed E-state index contributed by atoms with van der Waals surface area (Å²) in [7, 11) is 0. The van der Waals surface area contributed by atoms with E-state index in [1.165, 1.54) is 0 Å². The molecule has 0 bridgehead atoms. The average Bonchev–Trinajstić information content (AvgIpc) is 3.28. The predicted octanol–water partition coefficient (Wildman–Crippen LogP) is 2.90. The zero-order chi connectivity index (χ0) is 17.2. The number of carbonyl (C=O) groups is 1. The Bertz CT molecular complexity index is 714. The van der Waals surface area contributed by atoms with Gasteiger partial charge < -0.3 is 9.64 Å². The Morgan fingerprint density at radius 3 is 2.52 bits per heavy atom. The van der Waals surface area contributed by atoms with Crippen LogP contribution in [0, 0.1) is 18.8 Å². The number of hydrogen-bond donors (Lipinski definition) is 0. The van der Waals surface area contributed by atoms with Gasteiger partial charge in [0.1, 0.15) is 5.75 Å². The van der Waals surface area contributed by atoms with Gasteiger partial charge in [-0.2, -0.15) is 5.10 Å². The number of likely N-dealkylation sites (tertiary alicyclic amines) is 1. The van der Waals surface area contributed by atoms with Crippen LogP contribution < -0.4 is 4.74 Å². The van der Waals surface area contributed by atoms with Gasteiger partial charge in [-0.15, -0.1) is 0 Å². The standard InChI is InChI=1S/C20H25N3O2/c1-15-7-9-21-23(15)10-8-20(24)22-13-16-11-19(12-17(16)14-22)25-18-5-3-2-4-6-18/h2-7,9,16-17,19H,8,10-14H2,1H3/t16-,17+,19?. The average molecular weight is 339 g/mol. The third-order valence-corrected chi connectivity index (χ3v) is 5.57. The number of rotatable bonds is 5. The first-order valence-corrected chi connectivity index (χ1v) is 9.17. The quantitative estimate of drug-likeness (QED) is 0.841. The van der Waals surface area contributed by atoms with Gasteiger partial charge in [-0.1, -0.05) is 18.2 Å². The normalized spacial score (nSPS) is 25.2. The van der Waals surface area contributed by atoms with E-state index < -0.39 is 0 Å². The fourth-order valence-corrected chi connectivity index (χ4v) is 4.23. The number of aromatic nitrogens is 2. The Morgan fingerprint density at radius 1 is 1.16 bits per heavy atom. The van der Waals surface area contributed by atoms with Crippen molar-refractivity contribution >= 4 is 5.91 Å². The lowest BCUT2D eigenvalue weighted by atomic mass is 10.0. The van der Waals surface area contributed by atoms with Gasteiger partial charge in [-0.3, -0.25) is 9.48 Å². The van der Waals surface area contributed by atoms with Crippen molar-refractivity contribution in [3.05, 3.63) is 48.3 Å². The molecule has 0 radical (unpaired) electrons. The SMILES string of the molecule is Cc1ccnn1CCC(=O)N1C[C@H]2CC(Oc3ccccc3)C[C@H]2C1. The fourth-order valence-electron chi connectivity index (χ4n) is 4.23. The highest BCUT2D eigenvalue weighted by molar-refractivity contribution is 5.76. The van der Waals surface area contributed by atoms with Gasteiger partial charge in [-0.25, -0.2) is 0 Å². The van der Waals surface area contributed by atoms with Crippen LogP contribution in [0.15, 0.2) is 42.6 Å². The maximum Gasteiger partial charge on any atom is 0.224 e. The molecule has 1 unspecified atom stereocenters. The topological polar surface area (TPSA) is 47.4 Å². The van der Waals surface area contributed by atoms with E-state index in [-0.39, 0.29) is 5.91 Å². The molecule has 0 spiro atoms. The summed E-state index contributed by atoms with van der Waals surface area (Å²) in [5, 5.41) is 4.25. The van der Waals surface area contributed by atoms with E-state index in [1.54, 1.807) is 6.20 Å². The van der Waals surface area contributed by atoms with Gasteiger partial charge in [0.15, 0.2) is 0 Å². The Hall–Kier alpha value is -2.30. The minimum absolute atomic E-state index is 0.254. The molecule has 3 atom stereocenters. The van der Waals surface area contributed by atoms with Crippen molar-refractivity contribution in [1.29, 1.82) is 0 Å². The number of para-hydroxylation sites is 1. The number of aryl methyl sites for hydroxylation is 2. The van der Waals surface area contributed by atoms with E-state index in [0.717, 1.165) is 37.4 Å². The van der Waals surface area contributed by atoms with Crippen LogP contribution in [0.5, 0.6) is 5.75 Å². The number of hydrogen-bond acceptors (Lipinski definition) is 3. The van der Waals surface area contributed by atoms with Crippen LogP contribution in [-0.4, -0.2) is 39.8 Å². The summed E-state index contributed by atoms with van der Waals surface area (Å²) >= 11 is 0. The maximum atomic E-state index is 12.5. The van der Waals surface area contributed by atoms with E-state index in [4.69, 9.17) is 4.74 Å². The monoisotopic (exact) mass is 339 g/mol. The number of fused-ring (bicyclic) bond motifs is 1. The molecular formula is C20H25N3O2. The zero-order valence-corrected chi connectivity index (χ0v) is 14.7. The molecule has 2 aliphatic rings. The molecule has 132 valence electrons. The summed E-state index contributed by atoms with van der Waals surface area (Å²) in [6.45, 7) is 4.46. The van der Waals surface area contributed by atoms with E-state index >= 15 is 0 Å². The first-order valence-electron chi connectivity index (χ1n) is 9.17. The Balaban J connectivity index is 1.26. The van der Waals surface area contributed by atoms with E-state index in [9.17, 15) is 4.79 Å². The molecule has 2 heterocycles. The van der Waals surface area contributed by atoms with Crippen molar-refractivity contribution in [3.63, 3.8) is 0 Å². The molecule has 5 nitrogen and oxygen atoms in total. The van der Waals surface area contributed by atoms with Crippen molar-refractivity contribution in [3.8, 4) is 5.75 Å². The maximum absolute atomic E-state index is 12.5. The molecule has 1 saturated carbocycles. The van der Waals surface area contributed by atoms with E-state index in [2.05, 4.69) is 5.10 Å². The molecule has 1 aliphatic heterocycles. The number of ether oxygens (including phenoxy) is 1. The van der Waals surface area contributed by atoms with Gasteiger partial charge >= 0.3 is 0 Å². The minimum Gasteiger partial charge on any atom is -0.490 e. The third kappa shape index (κ3) is 3.55. The molecule has 1 amide bonds.